The van der Waals surface area contributed by atoms with Crippen molar-refractivity contribution in [1.82, 2.24) is 28.5 Å². The molecule has 7 nitrogen and oxygen atoms in total. The van der Waals surface area contributed by atoms with E-state index in [9.17, 15) is 0 Å². The summed E-state index contributed by atoms with van der Waals surface area (Å²) in [6.45, 7) is 1.98. The van der Waals surface area contributed by atoms with Crippen LogP contribution in [0.25, 0.3) is 22.2 Å². The van der Waals surface area contributed by atoms with Crippen molar-refractivity contribution in [1.29, 1.82) is 0 Å². The fourth-order valence-corrected chi connectivity index (χ4v) is 4.13. The van der Waals surface area contributed by atoms with Gasteiger partial charge in [0.25, 0.3) is 0 Å². The van der Waals surface area contributed by atoms with Crippen molar-refractivity contribution in [2.45, 2.75) is 6.92 Å². The van der Waals surface area contributed by atoms with Crippen LogP contribution in [0.3, 0.4) is 0 Å². The van der Waals surface area contributed by atoms with Crippen molar-refractivity contribution in [2.24, 2.45) is 0 Å². The zero-order valence-corrected chi connectivity index (χ0v) is 15.3. The molecular formula is C17H13N7S2. The summed E-state index contributed by atoms with van der Waals surface area (Å²) < 4.78 is 8.35. The van der Waals surface area contributed by atoms with Gasteiger partial charge in [0.05, 0.1) is 11.4 Å². The van der Waals surface area contributed by atoms with E-state index in [0.717, 1.165) is 32.9 Å². The van der Waals surface area contributed by atoms with Crippen LogP contribution in [0, 0.1) is 6.92 Å². The van der Waals surface area contributed by atoms with E-state index in [2.05, 4.69) is 24.8 Å². The van der Waals surface area contributed by atoms with Gasteiger partial charge < -0.3 is 5.32 Å². The molecule has 5 rings (SSSR count). The Morgan fingerprint density at radius 1 is 1.08 bits per heavy atom. The van der Waals surface area contributed by atoms with Gasteiger partial charge in [-0.25, -0.2) is 9.67 Å². The summed E-state index contributed by atoms with van der Waals surface area (Å²) in [6, 6.07) is 9.91. The van der Waals surface area contributed by atoms with Gasteiger partial charge in [-0.05, 0) is 37.3 Å². The summed E-state index contributed by atoms with van der Waals surface area (Å²) >= 11 is 2.94. The average molecular weight is 379 g/mol. The van der Waals surface area contributed by atoms with Crippen molar-refractivity contribution >= 4 is 38.6 Å². The van der Waals surface area contributed by atoms with E-state index < -0.39 is 0 Å². The highest BCUT2D eigenvalue weighted by atomic mass is 32.1. The monoisotopic (exact) mass is 379 g/mol. The molecule has 26 heavy (non-hydrogen) atoms. The van der Waals surface area contributed by atoms with Gasteiger partial charge in [0, 0.05) is 41.2 Å². The molecule has 0 fully saturated rings. The molecule has 9 heteroatoms. The number of nitrogens with one attached hydrogen (secondary N) is 1. The SMILES string of the molecule is Cc1nc2sccn2c1-c1nsc(Nc2ccc(-n3cccn3)cc2)n1. The van der Waals surface area contributed by atoms with Crippen LogP contribution >= 0.6 is 22.9 Å². The van der Waals surface area contributed by atoms with Crippen LogP contribution in [0.15, 0.2) is 54.3 Å². The Balaban J connectivity index is 1.41. The quantitative estimate of drug-likeness (QED) is 0.508. The normalized spacial score (nSPS) is 11.3. The van der Waals surface area contributed by atoms with Crippen molar-refractivity contribution in [3.05, 3.63) is 60.0 Å². The first-order valence-corrected chi connectivity index (χ1v) is 9.56. The standard InChI is InChI=1S/C17H13N7S2/c1-11-14(23-9-10-25-17(23)19-11)15-21-16(26-22-15)20-12-3-5-13(6-4-12)24-8-2-7-18-24/h2-10H,1H3,(H,20,21,22). The molecule has 5 aromatic rings. The first-order valence-electron chi connectivity index (χ1n) is 7.91. The number of anilines is 2. The van der Waals surface area contributed by atoms with Crippen molar-refractivity contribution < 1.29 is 0 Å². The topological polar surface area (TPSA) is 72.9 Å². The van der Waals surface area contributed by atoms with E-state index in [0.29, 0.717) is 5.82 Å². The second kappa shape index (κ2) is 6.04. The maximum absolute atomic E-state index is 4.63. The number of rotatable bonds is 4. The van der Waals surface area contributed by atoms with Gasteiger partial charge in [-0.2, -0.15) is 14.5 Å². The molecule has 0 amide bonds. The van der Waals surface area contributed by atoms with Crippen LogP contribution < -0.4 is 5.32 Å². The lowest BCUT2D eigenvalue weighted by Crippen LogP contribution is -1.95. The number of benzene rings is 1. The molecule has 1 N–H and O–H groups in total. The molecule has 0 spiro atoms. The molecule has 0 aliphatic rings. The summed E-state index contributed by atoms with van der Waals surface area (Å²) in [5, 5.41) is 10.3. The highest BCUT2D eigenvalue weighted by molar-refractivity contribution is 7.15. The van der Waals surface area contributed by atoms with E-state index in [1.807, 2.05) is 64.1 Å². The molecule has 0 atom stereocenters. The predicted octanol–water partition coefficient (Wildman–Crippen LogP) is 4.15. The van der Waals surface area contributed by atoms with E-state index in [1.54, 1.807) is 17.5 Å². The summed E-state index contributed by atoms with van der Waals surface area (Å²) in [6.07, 6.45) is 5.67. The van der Waals surface area contributed by atoms with Crippen LogP contribution in [-0.2, 0) is 0 Å². The lowest BCUT2D eigenvalue weighted by Gasteiger charge is -2.04. The Morgan fingerprint density at radius 2 is 1.96 bits per heavy atom. The minimum absolute atomic E-state index is 0.689. The second-order valence-electron chi connectivity index (χ2n) is 5.65. The molecule has 128 valence electrons. The van der Waals surface area contributed by atoms with Gasteiger partial charge >= 0.3 is 0 Å². The van der Waals surface area contributed by atoms with E-state index in [-0.39, 0.29) is 0 Å². The van der Waals surface area contributed by atoms with Crippen LogP contribution in [0.4, 0.5) is 10.8 Å². The van der Waals surface area contributed by atoms with Crippen LogP contribution in [-0.4, -0.2) is 28.5 Å². The summed E-state index contributed by atoms with van der Waals surface area (Å²) in [5.74, 6) is 0.689. The lowest BCUT2D eigenvalue weighted by molar-refractivity contribution is 0.881. The summed E-state index contributed by atoms with van der Waals surface area (Å²) in [4.78, 5) is 10.1. The Kier molecular flexibility index (Phi) is 3.54. The van der Waals surface area contributed by atoms with Crippen molar-refractivity contribution in [2.75, 3.05) is 5.32 Å². The number of thiazole rings is 1. The largest absolute Gasteiger partial charge is 0.330 e. The maximum atomic E-state index is 4.63. The molecule has 0 saturated carbocycles. The molecular weight excluding hydrogens is 366 g/mol. The smallest absolute Gasteiger partial charge is 0.207 e. The molecule has 1 aromatic carbocycles. The minimum atomic E-state index is 0.689. The van der Waals surface area contributed by atoms with Gasteiger partial charge in [0.1, 0.15) is 5.69 Å². The third-order valence-corrected chi connectivity index (χ3v) is 5.35. The number of imidazole rings is 1. The van der Waals surface area contributed by atoms with Crippen LogP contribution in [0.2, 0.25) is 0 Å². The van der Waals surface area contributed by atoms with Gasteiger partial charge in [-0.3, -0.25) is 4.40 Å². The Hall–Kier alpha value is -3.04. The zero-order valence-electron chi connectivity index (χ0n) is 13.7. The Labute approximate surface area is 156 Å². The molecule has 0 radical (unpaired) electrons. The molecule has 0 bridgehead atoms. The molecule has 0 aliphatic carbocycles. The van der Waals surface area contributed by atoms with Crippen LogP contribution in [0.5, 0.6) is 0 Å². The number of aromatic nitrogens is 6. The minimum Gasteiger partial charge on any atom is -0.330 e. The van der Waals surface area contributed by atoms with E-state index in [1.165, 1.54) is 11.5 Å². The molecule has 4 aromatic heterocycles. The maximum Gasteiger partial charge on any atom is 0.207 e. The van der Waals surface area contributed by atoms with Crippen molar-refractivity contribution in [3.8, 4) is 17.2 Å². The number of hydrogen-bond acceptors (Lipinski definition) is 7. The first kappa shape index (κ1) is 15.2. The molecule has 4 heterocycles. The van der Waals surface area contributed by atoms with Gasteiger partial charge in [-0.15, -0.1) is 11.3 Å². The predicted molar refractivity (Wildman–Crippen MR) is 104 cm³/mol. The number of nitrogens with zero attached hydrogens (tertiary/aromatic N) is 6. The molecule has 0 saturated heterocycles. The summed E-state index contributed by atoms with van der Waals surface area (Å²) in [7, 11) is 0. The fourth-order valence-electron chi connectivity index (χ4n) is 2.78. The number of aryl methyl sites for hydroxylation is 1. The Bertz CT molecular complexity index is 1170. The third kappa shape index (κ3) is 2.57. The lowest BCUT2D eigenvalue weighted by atomic mass is 10.3. The Morgan fingerprint density at radius 3 is 2.77 bits per heavy atom. The second-order valence-corrected chi connectivity index (χ2v) is 7.27. The van der Waals surface area contributed by atoms with Gasteiger partial charge in [0.2, 0.25) is 5.13 Å². The zero-order chi connectivity index (χ0) is 17.5. The highest BCUT2D eigenvalue weighted by Crippen LogP contribution is 2.28. The fraction of sp³-hybridized carbons (Fsp3) is 0.0588. The van der Waals surface area contributed by atoms with Gasteiger partial charge in [-0.1, -0.05) is 0 Å². The highest BCUT2D eigenvalue weighted by Gasteiger charge is 2.16. The average Bonchev–Trinajstić information content (AvgIpc) is 3.40. The molecule has 0 aliphatic heterocycles. The van der Waals surface area contributed by atoms with E-state index in [4.69, 9.17) is 0 Å². The number of fused-ring (bicyclic) bond motifs is 1. The molecule has 0 unspecified atom stereocenters. The van der Waals surface area contributed by atoms with Crippen LogP contribution in [0.1, 0.15) is 5.69 Å². The van der Waals surface area contributed by atoms with E-state index >= 15 is 0 Å². The number of hydrogen-bond donors (Lipinski definition) is 1. The first-order chi connectivity index (χ1) is 12.8. The summed E-state index contributed by atoms with van der Waals surface area (Å²) in [5.41, 5.74) is 3.84. The third-order valence-electron chi connectivity index (χ3n) is 3.96. The van der Waals surface area contributed by atoms with Crippen molar-refractivity contribution in [3.63, 3.8) is 0 Å². The van der Waals surface area contributed by atoms with Gasteiger partial charge in [0.15, 0.2) is 10.8 Å².